The number of nitrogens with one attached hydrogen (secondary N) is 1. The first-order chi connectivity index (χ1) is 8.85. The van der Waals surface area contributed by atoms with Crippen LogP contribution < -0.4 is 10.2 Å². The molecule has 0 radical (unpaired) electrons. The second-order valence-corrected chi connectivity index (χ2v) is 5.53. The lowest BCUT2D eigenvalue weighted by molar-refractivity contribution is 0.199. The third kappa shape index (κ3) is 3.43. The van der Waals surface area contributed by atoms with Crippen LogP contribution in [0.3, 0.4) is 0 Å². The highest BCUT2D eigenvalue weighted by Crippen LogP contribution is 2.29. The first-order valence-electron chi connectivity index (χ1n) is 6.75. The number of aromatic nitrogens is 1. The molecule has 1 aliphatic heterocycles. The molecule has 0 spiro atoms. The van der Waals surface area contributed by atoms with Crippen LogP contribution in [-0.2, 0) is 11.3 Å². The zero-order valence-corrected chi connectivity index (χ0v) is 12.1. The summed E-state index contributed by atoms with van der Waals surface area (Å²) in [5, 5.41) is 6.70. The van der Waals surface area contributed by atoms with Crippen LogP contribution in [0.2, 0.25) is 0 Å². The Morgan fingerprint density at radius 2 is 2.50 bits per heavy atom. The fraction of sp³-hybridized carbons (Fsp3) is 0.769. The molecule has 1 aromatic rings. The Labute approximate surface area is 113 Å². The molecule has 0 aromatic carbocycles. The average Bonchev–Trinajstić information content (AvgIpc) is 3.02. The molecule has 1 unspecified atom stereocenters. The molecule has 0 amide bonds. The van der Waals surface area contributed by atoms with Gasteiger partial charge in [-0.1, -0.05) is 6.92 Å². The van der Waals surface area contributed by atoms with Gasteiger partial charge in [-0.2, -0.15) is 0 Å². The third-order valence-corrected chi connectivity index (χ3v) is 4.35. The summed E-state index contributed by atoms with van der Waals surface area (Å²) in [6.07, 6.45) is 3.85. The van der Waals surface area contributed by atoms with Gasteiger partial charge in [0.15, 0.2) is 5.13 Å². The molecule has 2 rings (SSSR count). The minimum Gasteiger partial charge on any atom is -0.383 e. The monoisotopic (exact) mass is 269 g/mol. The van der Waals surface area contributed by atoms with Gasteiger partial charge in [-0.05, 0) is 19.3 Å². The summed E-state index contributed by atoms with van der Waals surface area (Å²) in [5.74, 6) is 0. The standard InChI is InChI=1S/C13H23N3OS/c1-3-12-5-4-7-16(12)13-15-11(10-18-13)9-14-6-8-17-2/h10,12,14H,3-9H2,1-2H3. The van der Waals surface area contributed by atoms with Gasteiger partial charge in [-0.25, -0.2) is 4.98 Å². The molecule has 0 aliphatic carbocycles. The Kier molecular flexibility index (Phi) is 5.41. The van der Waals surface area contributed by atoms with Gasteiger partial charge < -0.3 is 15.0 Å². The van der Waals surface area contributed by atoms with Crippen molar-refractivity contribution in [3.63, 3.8) is 0 Å². The minimum atomic E-state index is 0.699. The molecule has 1 atom stereocenters. The van der Waals surface area contributed by atoms with Crippen molar-refractivity contribution in [3.05, 3.63) is 11.1 Å². The molecule has 1 fully saturated rings. The van der Waals surface area contributed by atoms with Crippen molar-refractivity contribution in [1.82, 2.24) is 10.3 Å². The number of hydrogen-bond acceptors (Lipinski definition) is 5. The summed E-state index contributed by atoms with van der Waals surface area (Å²) in [6, 6.07) is 0.699. The highest BCUT2D eigenvalue weighted by molar-refractivity contribution is 7.13. The Balaban J connectivity index is 1.85. The van der Waals surface area contributed by atoms with E-state index in [2.05, 4.69) is 22.5 Å². The molecule has 4 nitrogen and oxygen atoms in total. The zero-order valence-electron chi connectivity index (χ0n) is 11.3. The molecule has 0 bridgehead atoms. The van der Waals surface area contributed by atoms with E-state index in [1.54, 1.807) is 18.4 Å². The van der Waals surface area contributed by atoms with Gasteiger partial charge >= 0.3 is 0 Å². The van der Waals surface area contributed by atoms with Crippen LogP contribution in [0, 0.1) is 0 Å². The molecular weight excluding hydrogens is 246 g/mol. The fourth-order valence-electron chi connectivity index (χ4n) is 2.41. The van der Waals surface area contributed by atoms with Gasteiger partial charge in [0, 0.05) is 38.2 Å². The number of thiazole rings is 1. The Morgan fingerprint density at radius 1 is 1.61 bits per heavy atom. The lowest BCUT2D eigenvalue weighted by Crippen LogP contribution is -2.28. The molecule has 1 aromatic heterocycles. The highest BCUT2D eigenvalue weighted by atomic mass is 32.1. The Hall–Kier alpha value is -0.650. The normalized spacial score (nSPS) is 19.7. The third-order valence-electron chi connectivity index (χ3n) is 3.42. The van der Waals surface area contributed by atoms with E-state index < -0.39 is 0 Å². The number of rotatable bonds is 7. The summed E-state index contributed by atoms with van der Waals surface area (Å²) in [5.41, 5.74) is 1.15. The molecule has 2 heterocycles. The van der Waals surface area contributed by atoms with E-state index >= 15 is 0 Å². The number of hydrogen-bond donors (Lipinski definition) is 1. The summed E-state index contributed by atoms with van der Waals surface area (Å²) < 4.78 is 5.01. The first kappa shape index (κ1) is 13.8. The van der Waals surface area contributed by atoms with Gasteiger partial charge in [-0.15, -0.1) is 11.3 Å². The van der Waals surface area contributed by atoms with E-state index in [4.69, 9.17) is 9.72 Å². The maximum atomic E-state index is 5.01. The lowest BCUT2D eigenvalue weighted by atomic mass is 10.2. The lowest BCUT2D eigenvalue weighted by Gasteiger charge is -2.22. The smallest absolute Gasteiger partial charge is 0.185 e. The molecule has 102 valence electrons. The van der Waals surface area contributed by atoms with Gasteiger partial charge in [0.25, 0.3) is 0 Å². The molecule has 18 heavy (non-hydrogen) atoms. The number of methoxy groups -OCH3 is 1. The van der Waals surface area contributed by atoms with E-state index in [9.17, 15) is 0 Å². The van der Waals surface area contributed by atoms with E-state index in [1.807, 2.05) is 0 Å². The topological polar surface area (TPSA) is 37.4 Å². The number of anilines is 1. The summed E-state index contributed by atoms with van der Waals surface area (Å²) in [6.45, 7) is 5.91. The minimum absolute atomic E-state index is 0.699. The maximum Gasteiger partial charge on any atom is 0.185 e. The summed E-state index contributed by atoms with van der Waals surface area (Å²) in [7, 11) is 1.72. The van der Waals surface area contributed by atoms with Gasteiger partial charge in [0.2, 0.25) is 0 Å². The average molecular weight is 269 g/mol. The van der Waals surface area contributed by atoms with Crippen LogP contribution >= 0.6 is 11.3 Å². The van der Waals surface area contributed by atoms with Crippen molar-refractivity contribution in [1.29, 1.82) is 0 Å². The molecule has 5 heteroatoms. The van der Waals surface area contributed by atoms with Crippen molar-refractivity contribution in [2.45, 2.75) is 38.8 Å². The largest absolute Gasteiger partial charge is 0.383 e. The molecule has 1 saturated heterocycles. The van der Waals surface area contributed by atoms with Crippen molar-refractivity contribution < 1.29 is 4.74 Å². The van der Waals surface area contributed by atoms with Gasteiger partial charge in [0.1, 0.15) is 0 Å². The number of ether oxygens (including phenoxy) is 1. The van der Waals surface area contributed by atoms with Crippen molar-refractivity contribution in [2.75, 3.05) is 31.7 Å². The number of nitrogens with zero attached hydrogens (tertiary/aromatic N) is 2. The van der Waals surface area contributed by atoms with Gasteiger partial charge in [0.05, 0.1) is 12.3 Å². The highest BCUT2D eigenvalue weighted by Gasteiger charge is 2.25. The fourth-order valence-corrected chi connectivity index (χ4v) is 3.34. The second-order valence-electron chi connectivity index (χ2n) is 4.69. The predicted octanol–water partition coefficient (Wildman–Crippen LogP) is 2.26. The van der Waals surface area contributed by atoms with Crippen LogP contribution in [0.1, 0.15) is 31.9 Å². The molecule has 1 aliphatic rings. The van der Waals surface area contributed by atoms with E-state index in [-0.39, 0.29) is 0 Å². The van der Waals surface area contributed by atoms with E-state index in [1.165, 1.54) is 30.9 Å². The van der Waals surface area contributed by atoms with E-state index in [0.717, 1.165) is 25.4 Å². The van der Waals surface area contributed by atoms with Crippen LogP contribution in [-0.4, -0.2) is 37.8 Å². The maximum absolute atomic E-state index is 5.01. The summed E-state index contributed by atoms with van der Waals surface area (Å²) >= 11 is 1.77. The Bertz CT molecular complexity index is 356. The second kappa shape index (κ2) is 7.07. The van der Waals surface area contributed by atoms with Crippen LogP contribution in [0.5, 0.6) is 0 Å². The van der Waals surface area contributed by atoms with Crippen LogP contribution in [0.25, 0.3) is 0 Å². The van der Waals surface area contributed by atoms with Gasteiger partial charge in [-0.3, -0.25) is 0 Å². The predicted molar refractivity (Wildman–Crippen MR) is 76.4 cm³/mol. The first-order valence-corrected chi connectivity index (χ1v) is 7.63. The molecule has 0 saturated carbocycles. The SMILES string of the molecule is CCC1CCCN1c1nc(CNCCOC)cs1. The van der Waals surface area contributed by atoms with Crippen molar-refractivity contribution in [2.24, 2.45) is 0 Å². The molecular formula is C13H23N3OS. The van der Waals surface area contributed by atoms with Crippen molar-refractivity contribution in [3.8, 4) is 0 Å². The van der Waals surface area contributed by atoms with Crippen LogP contribution in [0.4, 0.5) is 5.13 Å². The quantitative estimate of drug-likeness (QED) is 0.771. The van der Waals surface area contributed by atoms with Crippen LogP contribution in [0.15, 0.2) is 5.38 Å². The molecule has 1 N–H and O–H groups in total. The van der Waals surface area contributed by atoms with E-state index in [0.29, 0.717) is 6.04 Å². The van der Waals surface area contributed by atoms with Crippen molar-refractivity contribution >= 4 is 16.5 Å². The Morgan fingerprint density at radius 3 is 3.28 bits per heavy atom. The summed E-state index contributed by atoms with van der Waals surface area (Å²) in [4.78, 5) is 7.20. The zero-order chi connectivity index (χ0) is 12.8.